The molecule has 0 spiro atoms. The average Bonchev–Trinajstić information content (AvgIpc) is 2.34. The van der Waals surface area contributed by atoms with Crippen molar-refractivity contribution >= 4 is 11.9 Å². The van der Waals surface area contributed by atoms with Gasteiger partial charge in [0.25, 0.3) is 5.90 Å². The van der Waals surface area contributed by atoms with Crippen LogP contribution in [-0.2, 0) is 9.53 Å². The van der Waals surface area contributed by atoms with E-state index in [0.717, 1.165) is 6.42 Å². The zero-order chi connectivity index (χ0) is 7.56. The van der Waals surface area contributed by atoms with E-state index in [-0.39, 0.29) is 12.0 Å². The van der Waals surface area contributed by atoms with E-state index in [1.54, 1.807) is 0 Å². The molecular weight excluding hydrogens is 134 g/mol. The molecule has 1 atom stereocenters. The minimum Gasteiger partial charge on any atom is -0.474 e. The molecule has 0 aromatic heterocycles. The van der Waals surface area contributed by atoms with Crippen LogP contribution in [0.25, 0.3) is 0 Å². The van der Waals surface area contributed by atoms with Crippen molar-refractivity contribution < 1.29 is 14.6 Å². The van der Waals surface area contributed by atoms with E-state index in [2.05, 4.69) is 4.99 Å². The van der Waals surface area contributed by atoms with E-state index in [1.165, 1.54) is 0 Å². The van der Waals surface area contributed by atoms with Crippen molar-refractivity contribution in [2.45, 2.75) is 19.4 Å². The second kappa shape index (κ2) is 2.68. The van der Waals surface area contributed by atoms with Crippen molar-refractivity contribution in [3.05, 3.63) is 0 Å². The van der Waals surface area contributed by atoms with E-state index in [9.17, 15) is 4.79 Å². The van der Waals surface area contributed by atoms with E-state index in [0.29, 0.717) is 6.54 Å². The van der Waals surface area contributed by atoms with Gasteiger partial charge in [-0.1, -0.05) is 6.92 Å². The molecule has 1 N–H and O–H groups in total. The molecule has 4 heteroatoms. The first-order valence-corrected chi connectivity index (χ1v) is 3.18. The highest BCUT2D eigenvalue weighted by Crippen LogP contribution is 2.07. The summed E-state index contributed by atoms with van der Waals surface area (Å²) in [5.74, 6) is -1.22. The monoisotopic (exact) mass is 143 g/mol. The van der Waals surface area contributed by atoms with E-state index in [1.807, 2.05) is 6.92 Å². The fourth-order valence-electron chi connectivity index (χ4n) is 0.748. The minimum absolute atomic E-state index is 0.0221. The topological polar surface area (TPSA) is 58.9 Å². The Labute approximate surface area is 58.5 Å². The second-order valence-corrected chi connectivity index (χ2v) is 2.10. The third-order valence-corrected chi connectivity index (χ3v) is 1.36. The molecule has 0 radical (unpaired) electrons. The van der Waals surface area contributed by atoms with Crippen LogP contribution in [0.2, 0.25) is 0 Å². The van der Waals surface area contributed by atoms with Crippen LogP contribution in [-0.4, -0.2) is 29.6 Å². The maximum Gasteiger partial charge on any atom is 0.391 e. The number of carboxylic acid groups (broad SMARTS) is 1. The van der Waals surface area contributed by atoms with Gasteiger partial charge in [0, 0.05) is 0 Å². The Morgan fingerprint density at radius 3 is 3.00 bits per heavy atom. The van der Waals surface area contributed by atoms with Gasteiger partial charge < -0.3 is 9.84 Å². The zero-order valence-corrected chi connectivity index (χ0v) is 5.70. The summed E-state index contributed by atoms with van der Waals surface area (Å²) in [5, 5.41) is 8.37. The molecule has 1 aliphatic rings. The van der Waals surface area contributed by atoms with Gasteiger partial charge in [0.1, 0.15) is 6.10 Å². The molecule has 0 amide bonds. The van der Waals surface area contributed by atoms with E-state index < -0.39 is 5.97 Å². The van der Waals surface area contributed by atoms with E-state index in [4.69, 9.17) is 9.84 Å². The van der Waals surface area contributed by atoms with Crippen LogP contribution < -0.4 is 0 Å². The summed E-state index contributed by atoms with van der Waals surface area (Å²) in [4.78, 5) is 13.9. The van der Waals surface area contributed by atoms with Gasteiger partial charge in [-0.15, -0.1) is 0 Å². The molecule has 0 aliphatic carbocycles. The first-order chi connectivity index (χ1) is 4.74. The van der Waals surface area contributed by atoms with Crippen molar-refractivity contribution in [3.63, 3.8) is 0 Å². The van der Waals surface area contributed by atoms with Gasteiger partial charge >= 0.3 is 5.97 Å². The number of nitrogens with zero attached hydrogens (tertiary/aromatic N) is 1. The molecule has 0 aromatic carbocycles. The summed E-state index contributed by atoms with van der Waals surface area (Å²) >= 11 is 0. The van der Waals surface area contributed by atoms with Gasteiger partial charge in [-0.25, -0.2) is 9.79 Å². The third kappa shape index (κ3) is 1.26. The predicted molar refractivity (Wildman–Crippen MR) is 35.1 cm³/mol. The molecule has 0 fully saturated rings. The van der Waals surface area contributed by atoms with Gasteiger partial charge in [0.2, 0.25) is 0 Å². The van der Waals surface area contributed by atoms with Crippen molar-refractivity contribution in [2.24, 2.45) is 4.99 Å². The highest BCUT2D eigenvalue weighted by Gasteiger charge is 2.22. The first-order valence-electron chi connectivity index (χ1n) is 3.18. The summed E-state index contributed by atoms with van der Waals surface area (Å²) < 4.78 is 4.92. The molecule has 0 bridgehead atoms. The molecule has 1 aliphatic heterocycles. The lowest BCUT2D eigenvalue weighted by atomic mass is 10.3. The standard InChI is InChI=1S/C6H9NO3/c1-2-4-3-7-5(10-4)6(8)9/h4H,2-3H2,1H3,(H,8,9). The third-order valence-electron chi connectivity index (χ3n) is 1.36. The number of ether oxygens (including phenoxy) is 1. The second-order valence-electron chi connectivity index (χ2n) is 2.10. The quantitative estimate of drug-likeness (QED) is 0.604. The number of hydrogen-bond acceptors (Lipinski definition) is 3. The SMILES string of the molecule is CCC1CN=C(C(=O)O)O1. The lowest BCUT2D eigenvalue weighted by Gasteiger charge is -2.04. The average molecular weight is 143 g/mol. The van der Waals surface area contributed by atoms with Crippen LogP contribution in [0.3, 0.4) is 0 Å². The van der Waals surface area contributed by atoms with Crippen molar-refractivity contribution in [1.29, 1.82) is 0 Å². The highest BCUT2D eigenvalue weighted by molar-refractivity contribution is 6.32. The van der Waals surface area contributed by atoms with Gasteiger partial charge in [0.05, 0.1) is 6.54 Å². The number of aliphatic carboxylic acids is 1. The number of aliphatic imine (C=N–C) groups is 1. The lowest BCUT2D eigenvalue weighted by molar-refractivity contribution is -0.131. The minimum atomic E-state index is -1.07. The number of carboxylic acids is 1. The Balaban J connectivity index is 2.47. The number of carbonyl (C=O) groups is 1. The zero-order valence-electron chi connectivity index (χ0n) is 5.70. The Morgan fingerprint density at radius 1 is 2.00 bits per heavy atom. The summed E-state index contributed by atoms with van der Waals surface area (Å²) in [5.41, 5.74) is 0. The van der Waals surface area contributed by atoms with Crippen molar-refractivity contribution in [1.82, 2.24) is 0 Å². The smallest absolute Gasteiger partial charge is 0.391 e. The molecule has 1 heterocycles. The molecule has 1 rings (SSSR count). The highest BCUT2D eigenvalue weighted by atomic mass is 16.5. The summed E-state index contributed by atoms with van der Waals surface area (Å²) in [6, 6.07) is 0. The van der Waals surface area contributed by atoms with Crippen LogP contribution >= 0.6 is 0 Å². The fraction of sp³-hybridized carbons (Fsp3) is 0.667. The van der Waals surface area contributed by atoms with Gasteiger partial charge in [-0.05, 0) is 6.42 Å². The molecule has 10 heavy (non-hydrogen) atoms. The molecule has 0 aromatic rings. The van der Waals surface area contributed by atoms with E-state index >= 15 is 0 Å². The number of hydrogen-bond donors (Lipinski definition) is 1. The van der Waals surface area contributed by atoms with Crippen LogP contribution in [0.5, 0.6) is 0 Å². The molecule has 1 unspecified atom stereocenters. The molecule has 0 saturated carbocycles. The Bertz CT molecular complexity index is 176. The van der Waals surface area contributed by atoms with Crippen LogP contribution in [0, 0.1) is 0 Å². The summed E-state index contributed by atoms with van der Waals surface area (Å²) in [6.07, 6.45) is 0.784. The summed E-state index contributed by atoms with van der Waals surface area (Å²) in [7, 11) is 0. The molecule has 0 saturated heterocycles. The van der Waals surface area contributed by atoms with Gasteiger partial charge in [0.15, 0.2) is 0 Å². The molecule has 4 nitrogen and oxygen atoms in total. The fourth-order valence-corrected chi connectivity index (χ4v) is 0.748. The number of rotatable bonds is 2. The van der Waals surface area contributed by atoms with Crippen LogP contribution in [0.4, 0.5) is 0 Å². The Morgan fingerprint density at radius 2 is 2.70 bits per heavy atom. The molecular formula is C6H9NO3. The van der Waals surface area contributed by atoms with Crippen LogP contribution in [0.1, 0.15) is 13.3 Å². The molecule has 56 valence electrons. The predicted octanol–water partition coefficient (Wildman–Crippen LogP) is 0.278. The largest absolute Gasteiger partial charge is 0.474 e. The van der Waals surface area contributed by atoms with Crippen molar-refractivity contribution in [3.8, 4) is 0 Å². The summed E-state index contributed by atoms with van der Waals surface area (Å²) in [6.45, 7) is 2.42. The van der Waals surface area contributed by atoms with Crippen LogP contribution in [0.15, 0.2) is 4.99 Å². The van der Waals surface area contributed by atoms with Crippen molar-refractivity contribution in [2.75, 3.05) is 6.54 Å². The Kier molecular flexibility index (Phi) is 1.89. The van der Waals surface area contributed by atoms with Gasteiger partial charge in [-0.3, -0.25) is 0 Å². The maximum absolute atomic E-state index is 10.2. The first kappa shape index (κ1) is 7.05. The Hall–Kier alpha value is -1.06. The van der Waals surface area contributed by atoms with Gasteiger partial charge in [-0.2, -0.15) is 0 Å². The lowest BCUT2D eigenvalue weighted by Crippen LogP contribution is -2.17. The normalized spacial score (nSPS) is 23.7. The maximum atomic E-state index is 10.2.